The third-order valence-electron chi connectivity index (χ3n) is 5.90. The molecule has 0 radical (unpaired) electrons. The highest BCUT2D eigenvalue weighted by atomic mass is 32.2. The first kappa shape index (κ1) is 35.7. The second-order valence-corrected chi connectivity index (χ2v) is 10.1. The number of rotatable bonds is 20. The fourth-order valence-electron chi connectivity index (χ4n) is 3.42. The molecule has 0 heterocycles. The molecule has 3 amide bonds. The Kier molecular flexibility index (Phi) is 18.1. The van der Waals surface area contributed by atoms with E-state index >= 15 is 0 Å². The van der Waals surface area contributed by atoms with E-state index in [1.807, 2.05) is 13.2 Å². The van der Waals surface area contributed by atoms with Crippen molar-refractivity contribution in [3.8, 4) is 0 Å². The Hall–Kier alpha value is -3.27. The maximum absolute atomic E-state index is 13.2. The number of carbonyl (C=O) groups excluding carboxylic acids is 3. The highest BCUT2D eigenvalue weighted by molar-refractivity contribution is 7.98. The van der Waals surface area contributed by atoms with Crippen LogP contribution in [0.4, 0.5) is 0 Å². The van der Waals surface area contributed by atoms with Crippen LogP contribution < -0.4 is 44.6 Å². The molecule has 0 saturated heterocycles. The molecule has 0 aromatic rings. The predicted molar refractivity (Wildman–Crippen MR) is 154 cm³/mol. The van der Waals surface area contributed by atoms with Gasteiger partial charge in [-0.2, -0.15) is 11.8 Å². The van der Waals surface area contributed by atoms with Crippen molar-refractivity contribution in [2.75, 3.05) is 25.1 Å². The van der Waals surface area contributed by atoms with Gasteiger partial charge in [0.15, 0.2) is 11.9 Å². The number of carboxylic acid groups (broad SMARTS) is 1. The third-order valence-corrected chi connectivity index (χ3v) is 6.55. The maximum Gasteiger partial charge on any atom is 0.326 e. The van der Waals surface area contributed by atoms with Crippen molar-refractivity contribution in [3.63, 3.8) is 0 Å². The van der Waals surface area contributed by atoms with Crippen molar-refractivity contribution in [2.24, 2.45) is 44.6 Å². The van der Waals surface area contributed by atoms with Crippen LogP contribution in [0.1, 0.15) is 52.4 Å². The van der Waals surface area contributed by atoms with E-state index in [4.69, 9.17) is 28.7 Å². The highest BCUT2D eigenvalue weighted by Gasteiger charge is 2.31. The van der Waals surface area contributed by atoms with Crippen LogP contribution in [0.5, 0.6) is 0 Å². The van der Waals surface area contributed by atoms with Crippen molar-refractivity contribution in [3.05, 3.63) is 0 Å². The van der Waals surface area contributed by atoms with E-state index in [0.717, 1.165) is 0 Å². The summed E-state index contributed by atoms with van der Waals surface area (Å²) in [6, 6.07) is -4.08. The lowest BCUT2D eigenvalue weighted by atomic mass is 9.98. The molecule has 15 nitrogen and oxygen atoms in total. The fraction of sp³-hybridized carbons (Fsp3) is 0.739. The molecule has 224 valence electrons. The topological polar surface area (TPSA) is 279 Å². The molecule has 0 aliphatic rings. The van der Waals surface area contributed by atoms with E-state index < -0.39 is 47.9 Å². The van der Waals surface area contributed by atoms with Crippen LogP contribution in [0.3, 0.4) is 0 Å². The Morgan fingerprint density at radius 2 is 1.31 bits per heavy atom. The number of carboxylic acids is 1. The van der Waals surface area contributed by atoms with E-state index in [1.54, 1.807) is 6.92 Å². The lowest BCUT2D eigenvalue weighted by Crippen LogP contribution is -2.57. The molecule has 0 aliphatic carbocycles. The third kappa shape index (κ3) is 15.7. The van der Waals surface area contributed by atoms with Crippen LogP contribution in [0.15, 0.2) is 9.98 Å². The summed E-state index contributed by atoms with van der Waals surface area (Å²) in [5.41, 5.74) is 27.2. The molecule has 0 spiro atoms. The number of thioether (sulfide) groups is 1. The molecule has 5 atom stereocenters. The van der Waals surface area contributed by atoms with Crippen LogP contribution in [-0.4, -0.2) is 90.0 Å². The summed E-state index contributed by atoms with van der Waals surface area (Å²) in [6.45, 7) is 4.03. The van der Waals surface area contributed by atoms with Crippen LogP contribution >= 0.6 is 11.8 Å². The van der Waals surface area contributed by atoms with Crippen molar-refractivity contribution < 1.29 is 24.3 Å². The molecule has 0 aromatic heterocycles. The summed E-state index contributed by atoms with van der Waals surface area (Å²) in [4.78, 5) is 58.4. The SMILES string of the molecule is CCC(C)C(NC(=O)C(CCCN=C(N)N)NC(=O)C(CCSC)NC(=O)C(N)CCCN=C(N)N)C(=O)O. The second kappa shape index (κ2) is 19.7. The van der Waals surface area contributed by atoms with Gasteiger partial charge in [0.2, 0.25) is 17.7 Å². The molecular weight excluding hydrogens is 528 g/mol. The minimum Gasteiger partial charge on any atom is -0.480 e. The molecule has 16 heteroatoms. The van der Waals surface area contributed by atoms with Crippen LogP contribution in [0.25, 0.3) is 0 Å². The highest BCUT2D eigenvalue weighted by Crippen LogP contribution is 2.10. The minimum absolute atomic E-state index is 0.0578. The Labute approximate surface area is 233 Å². The summed E-state index contributed by atoms with van der Waals surface area (Å²) >= 11 is 1.48. The molecule has 14 N–H and O–H groups in total. The molecule has 0 saturated carbocycles. The quantitative estimate of drug-likeness (QED) is 0.0425. The number of guanidine groups is 2. The minimum atomic E-state index is -1.18. The molecule has 0 bridgehead atoms. The molecule has 0 aromatic carbocycles. The molecule has 0 fully saturated rings. The number of amides is 3. The lowest BCUT2D eigenvalue weighted by Gasteiger charge is -2.26. The summed E-state index contributed by atoms with van der Waals surface area (Å²) in [5.74, 6) is -2.93. The largest absolute Gasteiger partial charge is 0.480 e. The first-order chi connectivity index (χ1) is 18.3. The van der Waals surface area contributed by atoms with Crippen LogP contribution in [-0.2, 0) is 19.2 Å². The van der Waals surface area contributed by atoms with E-state index in [-0.39, 0.29) is 37.2 Å². The van der Waals surface area contributed by atoms with E-state index in [9.17, 15) is 24.3 Å². The molecular formula is C23H46N10O5S. The summed E-state index contributed by atoms with van der Waals surface area (Å²) in [7, 11) is 0. The zero-order valence-corrected chi connectivity index (χ0v) is 23.8. The number of nitrogens with zero attached hydrogens (tertiary/aromatic N) is 2. The molecule has 5 unspecified atom stereocenters. The predicted octanol–water partition coefficient (Wildman–Crippen LogP) is -2.24. The average molecular weight is 575 g/mol. The van der Waals surface area contributed by atoms with Gasteiger partial charge in [-0.05, 0) is 50.0 Å². The van der Waals surface area contributed by atoms with E-state index in [0.29, 0.717) is 38.0 Å². The number of hydrogen-bond acceptors (Lipinski definition) is 8. The number of nitrogens with one attached hydrogen (secondary N) is 3. The van der Waals surface area contributed by atoms with E-state index in [2.05, 4.69) is 25.9 Å². The van der Waals surface area contributed by atoms with Gasteiger partial charge in [0.05, 0.1) is 6.04 Å². The Bertz CT molecular complexity index is 849. The Morgan fingerprint density at radius 1 is 0.821 bits per heavy atom. The standard InChI is InChI=1S/C23H46N10O5S/c1-4-13(2)17(21(37)38)33-20(36)15(8-6-11-30-23(27)28)32-19(35)16(9-12-39-3)31-18(34)14(24)7-5-10-29-22(25)26/h13-17H,4-12,24H2,1-3H3,(H,31,34)(H,32,35)(H,33,36)(H,37,38)(H4,25,26,29)(H4,27,28,30). The zero-order valence-electron chi connectivity index (χ0n) is 23.0. The smallest absolute Gasteiger partial charge is 0.326 e. The first-order valence-electron chi connectivity index (χ1n) is 12.8. The number of hydrogen-bond donors (Lipinski definition) is 9. The number of aliphatic imine (C=N–C) groups is 2. The van der Waals surface area contributed by atoms with Gasteiger partial charge >= 0.3 is 5.97 Å². The molecule has 0 aliphatic heterocycles. The summed E-state index contributed by atoms with van der Waals surface area (Å²) < 4.78 is 0. The lowest BCUT2D eigenvalue weighted by molar-refractivity contribution is -0.144. The number of aliphatic carboxylic acids is 1. The second-order valence-electron chi connectivity index (χ2n) is 9.12. The van der Waals surface area contributed by atoms with Crippen molar-refractivity contribution >= 4 is 47.4 Å². The summed E-state index contributed by atoms with van der Waals surface area (Å²) in [5, 5.41) is 17.4. The zero-order chi connectivity index (χ0) is 30.0. The van der Waals surface area contributed by atoms with Gasteiger partial charge in [-0.25, -0.2) is 4.79 Å². The van der Waals surface area contributed by atoms with Crippen molar-refractivity contribution in [1.82, 2.24) is 16.0 Å². The number of nitrogens with two attached hydrogens (primary N) is 5. The van der Waals surface area contributed by atoms with E-state index in [1.165, 1.54) is 11.8 Å². The van der Waals surface area contributed by atoms with Crippen molar-refractivity contribution in [1.29, 1.82) is 0 Å². The monoisotopic (exact) mass is 574 g/mol. The van der Waals surface area contributed by atoms with Gasteiger partial charge in [-0.15, -0.1) is 0 Å². The molecule has 39 heavy (non-hydrogen) atoms. The van der Waals surface area contributed by atoms with Gasteiger partial charge in [0.25, 0.3) is 0 Å². The van der Waals surface area contributed by atoms with Gasteiger partial charge in [-0.3, -0.25) is 24.4 Å². The number of carbonyl (C=O) groups is 4. The normalized spacial score (nSPS) is 14.6. The molecule has 0 rings (SSSR count). The Balaban J connectivity index is 5.57. The van der Waals surface area contributed by atoms with Crippen LogP contribution in [0, 0.1) is 5.92 Å². The van der Waals surface area contributed by atoms with Crippen molar-refractivity contribution in [2.45, 2.75) is 76.5 Å². The maximum atomic E-state index is 13.2. The van der Waals surface area contributed by atoms with Gasteiger partial charge in [-0.1, -0.05) is 20.3 Å². The Morgan fingerprint density at radius 3 is 1.79 bits per heavy atom. The van der Waals surface area contributed by atoms with Crippen LogP contribution in [0.2, 0.25) is 0 Å². The average Bonchev–Trinajstić information content (AvgIpc) is 2.87. The fourth-order valence-corrected chi connectivity index (χ4v) is 3.89. The summed E-state index contributed by atoms with van der Waals surface area (Å²) in [6.07, 6.45) is 3.89. The van der Waals surface area contributed by atoms with Gasteiger partial charge in [0, 0.05) is 13.1 Å². The first-order valence-corrected chi connectivity index (χ1v) is 14.2. The van der Waals surface area contributed by atoms with Gasteiger partial charge in [0.1, 0.15) is 18.1 Å². The van der Waals surface area contributed by atoms with Gasteiger partial charge < -0.3 is 49.7 Å².